The predicted molar refractivity (Wildman–Crippen MR) is 75.2 cm³/mol. The van der Waals surface area contributed by atoms with Crippen molar-refractivity contribution in [3.8, 4) is 0 Å². The van der Waals surface area contributed by atoms with E-state index in [0.717, 1.165) is 44.7 Å². The SMILES string of the molecule is Cn1cnnc1C1CCCN(C(=O)CC2CCCN2)C1. The third-order valence-electron chi connectivity index (χ3n) is 4.47. The molecule has 2 aliphatic rings. The third-order valence-corrected chi connectivity index (χ3v) is 4.47. The summed E-state index contributed by atoms with van der Waals surface area (Å²) in [5.41, 5.74) is 0. The van der Waals surface area contributed by atoms with Crippen molar-refractivity contribution in [2.75, 3.05) is 19.6 Å². The monoisotopic (exact) mass is 277 g/mol. The second-order valence-corrected chi connectivity index (χ2v) is 5.98. The Kier molecular flexibility index (Phi) is 4.00. The van der Waals surface area contributed by atoms with Crippen LogP contribution in [0.25, 0.3) is 0 Å². The van der Waals surface area contributed by atoms with E-state index in [9.17, 15) is 4.79 Å². The van der Waals surface area contributed by atoms with E-state index in [1.54, 1.807) is 6.33 Å². The predicted octanol–water partition coefficient (Wildman–Crippen LogP) is 0.663. The van der Waals surface area contributed by atoms with Crippen molar-refractivity contribution in [3.05, 3.63) is 12.2 Å². The maximum absolute atomic E-state index is 12.4. The zero-order valence-electron chi connectivity index (χ0n) is 12.1. The normalized spacial score (nSPS) is 26.9. The number of nitrogens with one attached hydrogen (secondary N) is 1. The number of rotatable bonds is 3. The number of carbonyl (C=O) groups excluding carboxylic acids is 1. The first-order valence-electron chi connectivity index (χ1n) is 7.59. The molecule has 1 aromatic heterocycles. The lowest BCUT2D eigenvalue weighted by Crippen LogP contribution is -2.42. The molecule has 110 valence electrons. The molecule has 0 aromatic carbocycles. The summed E-state index contributed by atoms with van der Waals surface area (Å²) in [6, 6.07) is 0.387. The molecule has 2 atom stereocenters. The first kappa shape index (κ1) is 13.5. The zero-order valence-corrected chi connectivity index (χ0v) is 12.1. The minimum absolute atomic E-state index is 0.288. The van der Waals surface area contributed by atoms with Crippen LogP contribution in [0.1, 0.15) is 43.8 Å². The minimum Gasteiger partial charge on any atom is -0.342 e. The van der Waals surface area contributed by atoms with E-state index in [-0.39, 0.29) is 5.91 Å². The van der Waals surface area contributed by atoms with Gasteiger partial charge in [-0.3, -0.25) is 4.79 Å². The van der Waals surface area contributed by atoms with Crippen LogP contribution in [0, 0.1) is 0 Å². The van der Waals surface area contributed by atoms with Gasteiger partial charge in [0.2, 0.25) is 5.91 Å². The van der Waals surface area contributed by atoms with Gasteiger partial charge in [-0.2, -0.15) is 0 Å². The zero-order chi connectivity index (χ0) is 13.9. The molecule has 2 aliphatic heterocycles. The second-order valence-electron chi connectivity index (χ2n) is 5.98. The molecule has 0 spiro atoms. The lowest BCUT2D eigenvalue weighted by atomic mass is 9.96. The van der Waals surface area contributed by atoms with Gasteiger partial charge in [0, 0.05) is 38.5 Å². The van der Waals surface area contributed by atoms with Crippen LogP contribution in [0.3, 0.4) is 0 Å². The Bertz CT molecular complexity index is 466. The quantitative estimate of drug-likeness (QED) is 0.882. The number of aromatic nitrogens is 3. The molecule has 2 saturated heterocycles. The minimum atomic E-state index is 0.288. The van der Waals surface area contributed by atoms with Crippen molar-refractivity contribution in [1.29, 1.82) is 0 Å². The van der Waals surface area contributed by atoms with E-state index in [2.05, 4.69) is 15.5 Å². The van der Waals surface area contributed by atoms with Crippen LogP contribution in [0.2, 0.25) is 0 Å². The van der Waals surface area contributed by atoms with Crippen molar-refractivity contribution < 1.29 is 4.79 Å². The van der Waals surface area contributed by atoms with Gasteiger partial charge in [-0.1, -0.05) is 0 Å². The van der Waals surface area contributed by atoms with Crippen LogP contribution in [-0.2, 0) is 11.8 Å². The van der Waals surface area contributed by atoms with Crippen molar-refractivity contribution in [1.82, 2.24) is 25.0 Å². The van der Waals surface area contributed by atoms with Gasteiger partial charge in [-0.15, -0.1) is 10.2 Å². The van der Waals surface area contributed by atoms with Crippen molar-refractivity contribution in [2.45, 2.75) is 44.1 Å². The van der Waals surface area contributed by atoms with Crippen molar-refractivity contribution >= 4 is 5.91 Å². The van der Waals surface area contributed by atoms with E-state index < -0.39 is 0 Å². The highest BCUT2D eigenvalue weighted by Crippen LogP contribution is 2.25. The number of aryl methyl sites for hydroxylation is 1. The second kappa shape index (κ2) is 5.91. The van der Waals surface area contributed by atoms with Crippen molar-refractivity contribution in [2.24, 2.45) is 7.05 Å². The Hall–Kier alpha value is -1.43. The molecule has 6 nitrogen and oxygen atoms in total. The number of amides is 1. The lowest BCUT2D eigenvalue weighted by Gasteiger charge is -2.32. The number of hydrogen-bond donors (Lipinski definition) is 1. The number of piperidine rings is 1. The van der Waals surface area contributed by atoms with E-state index in [0.29, 0.717) is 18.4 Å². The fraction of sp³-hybridized carbons (Fsp3) is 0.786. The third kappa shape index (κ3) is 2.85. The molecule has 1 amide bonds. The summed E-state index contributed by atoms with van der Waals surface area (Å²) in [6.07, 6.45) is 6.86. The largest absolute Gasteiger partial charge is 0.342 e. The highest BCUT2D eigenvalue weighted by molar-refractivity contribution is 5.77. The fourth-order valence-corrected chi connectivity index (χ4v) is 3.35. The summed E-state index contributed by atoms with van der Waals surface area (Å²) >= 11 is 0. The molecule has 1 aromatic rings. The van der Waals surface area contributed by atoms with Crippen LogP contribution >= 0.6 is 0 Å². The van der Waals surface area contributed by atoms with Crippen LogP contribution in [0.5, 0.6) is 0 Å². The summed E-state index contributed by atoms with van der Waals surface area (Å²) in [6.45, 7) is 2.73. The van der Waals surface area contributed by atoms with Crippen LogP contribution in [0.4, 0.5) is 0 Å². The fourth-order valence-electron chi connectivity index (χ4n) is 3.35. The van der Waals surface area contributed by atoms with E-state index in [1.165, 1.54) is 6.42 Å². The standard InChI is InChI=1S/C14H23N5O/c1-18-10-16-17-14(18)11-4-3-7-19(9-11)13(20)8-12-5-2-6-15-12/h10-12,15H,2-9H2,1H3. The molecule has 2 unspecified atom stereocenters. The average Bonchev–Trinajstić information content (AvgIpc) is 3.10. The number of nitrogens with zero attached hydrogens (tertiary/aromatic N) is 4. The Balaban J connectivity index is 1.60. The molecule has 1 N–H and O–H groups in total. The van der Waals surface area contributed by atoms with E-state index in [4.69, 9.17) is 0 Å². The maximum Gasteiger partial charge on any atom is 0.224 e. The molecule has 0 saturated carbocycles. The molecule has 0 radical (unpaired) electrons. The molecular formula is C14H23N5O. The maximum atomic E-state index is 12.4. The summed E-state index contributed by atoms with van der Waals surface area (Å²) < 4.78 is 1.97. The van der Waals surface area contributed by atoms with Gasteiger partial charge < -0.3 is 14.8 Å². The highest BCUT2D eigenvalue weighted by atomic mass is 16.2. The van der Waals surface area contributed by atoms with Gasteiger partial charge in [-0.25, -0.2) is 0 Å². The van der Waals surface area contributed by atoms with Crippen molar-refractivity contribution in [3.63, 3.8) is 0 Å². The van der Waals surface area contributed by atoms with Crippen LogP contribution < -0.4 is 5.32 Å². The van der Waals surface area contributed by atoms with E-state index >= 15 is 0 Å². The number of carbonyl (C=O) groups is 1. The Labute approximate surface area is 119 Å². The van der Waals surface area contributed by atoms with Gasteiger partial charge in [0.15, 0.2) is 0 Å². The van der Waals surface area contributed by atoms with Gasteiger partial charge in [-0.05, 0) is 32.2 Å². The topological polar surface area (TPSA) is 63.1 Å². The molecule has 3 rings (SSSR count). The van der Waals surface area contributed by atoms with Crippen LogP contribution in [0.15, 0.2) is 6.33 Å². The summed E-state index contributed by atoms with van der Waals surface area (Å²) in [5, 5.41) is 11.5. The molecule has 20 heavy (non-hydrogen) atoms. The van der Waals surface area contributed by atoms with Gasteiger partial charge >= 0.3 is 0 Å². The van der Waals surface area contributed by atoms with Gasteiger partial charge in [0.25, 0.3) is 0 Å². The molecule has 3 heterocycles. The number of hydrogen-bond acceptors (Lipinski definition) is 4. The molecule has 0 aliphatic carbocycles. The smallest absolute Gasteiger partial charge is 0.224 e. The Morgan fingerprint density at radius 2 is 2.35 bits per heavy atom. The molecule has 2 fully saturated rings. The first-order chi connectivity index (χ1) is 9.74. The molecule has 0 bridgehead atoms. The number of likely N-dealkylation sites (tertiary alicyclic amines) is 1. The van der Waals surface area contributed by atoms with Gasteiger partial charge in [0.1, 0.15) is 12.2 Å². The summed E-state index contributed by atoms with van der Waals surface area (Å²) in [4.78, 5) is 14.4. The van der Waals surface area contributed by atoms with Crippen LogP contribution in [-0.4, -0.2) is 51.2 Å². The van der Waals surface area contributed by atoms with E-state index in [1.807, 2.05) is 16.5 Å². The average molecular weight is 277 g/mol. The Morgan fingerprint density at radius 3 is 3.05 bits per heavy atom. The summed E-state index contributed by atoms with van der Waals surface area (Å²) in [5.74, 6) is 1.62. The highest BCUT2D eigenvalue weighted by Gasteiger charge is 2.29. The molecular weight excluding hydrogens is 254 g/mol. The lowest BCUT2D eigenvalue weighted by molar-refractivity contribution is -0.132. The van der Waals surface area contributed by atoms with Gasteiger partial charge in [0.05, 0.1) is 0 Å². The summed E-state index contributed by atoms with van der Waals surface area (Å²) in [7, 11) is 1.97. The Morgan fingerprint density at radius 1 is 1.45 bits per heavy atom. The molecule has 6 heteroatoms. The first-order valence-corrected chi connectivity index (χ1v) is 7.59.